The van der Waals surface area contributed by atoms with Gasteiger partial charge in [0.05, 0.1) is 0 Å². The average Bonchev–Trinajstić information content (AvgIpc) is 2.52. The lowest BCUT2D eigenvalue weighted by Gasteiger charge is -2.44. The fraction of sp³-hybridized carbons (Fsp3) is 0.429. The third-order valence-electron chi connectivity index (χ3n) is 4.81. The van der Waals surface area contributed by atoms with Crippen LogP contribution in [0.3, 0.4) is 0 Å². The molecule has 122 valence electrons. The molecule has 0 radical (unpaired) electrons. The van der Waals surface area contributed by atoms with Crippen molar-refractivity contribution in [3.05, 3.63) is 71.8 Å². The zero-order valence-corrected chi connectivity index (χ0v) is 14.4. The summed E-state index contributed by atoms with van der Waals surface area (Å²) in [5.41, 5.74) is 2.83. The monoisotopic (exact) mass is 308 g/mol. The van der Waals surface area contributed by atoms with Crippen molar-refractivity contribution in [1.29, 1.82) is 0 Å². The topological polar surface area (TPSA) is 6.48 Å². The molecule has 0 aromatic heterocycles. The molecular formula is C21H28N2. The first kappa shape index (κ1) is 16.2. The van der Waals surface area contributed by atoms with Crippen LogP contribution in [-0.2, 0) is 13.1 Å². The van der Waals surface area contributed by atoms with Gasteiger partial charge in [-0.25, -0.2) is 0 Å². The minimum atomic E-state index is 0.723. The lowest BCUT2D eigenvalue weighted by Crippen LogP contribution is -2.46. The highest BCUT2D eigenvalue weighted by molar-refractivity contribution is 5.17. The zero-order chi connectivity index (χ0) is 16.1. The average molecular weight is 308 g/mol. The van der Waals surface area contributed by atoms with Crippen molar-refractivity contribution in [3.8, 4) is 0 Å². The minimum Gasteiger partial charge on any atom is -0.309 e. The van der Waals surface area contributed by atoms with Crippen molar-refractivity contribution in [3.63, 3.8) is 0 Å². The molecular weight excluding hydrogens is 280 g/mol. The Balaban J connectivity index is 1.65. The van der Waals surface area contributed by atoms with E-state index in [-0.39, 0.29) is 0 Å². The van der Waals surface area contributed by atoms with Crippen LogP contribution in [0.15, 0.2) is 60.7 Å². The molecule has 0 saturated heterocycles. The van der Waals surface area contributed by atoms with E-state index in [1.807, 2.05) is 0 Å². The summed E-state index contributed by atoms with van der Waals surface area (Å²) in [7, 11) is 4.36. The largest absolute Gasteiger partial charge is 0.309 e. The van der Waals surface area contributed by atoms with Gasteiger partial charge in [-0.1, -0.05) is 60.7 Å². The maximum Gasteiger partial charge on any atom is 0.0240 e. The molecule has 2 nitrogen and oxygen atoms in total. The van der Waals surface area contributed by atoms with E-state index in [9.17, 15) is 0 Å². The number of hydrogen-bond acceptors (Lipinski definition) is 2. The third-order valence-corrected chi connectivity index (χ3v) is 4.81. The minimum absolute atomic E-state index is 0.723. The van der Waals surface area contributed by atoms with Gasteiger partial charge >= 0.3 is 0 Å². The molecule has 1 aliphatic rings. The number of rotatable bonds is 7. The van der Waals surface area contributed by atoms with E-state index in [2.05, 4.69) is 84.6 Å². The Bertz CT molecular complexity index is 532. The smallest absolute Gasteiger partial charge is 0.0240 e. The first-order valence-corrected chi connectivity index (χ1v) is 8.67. The van der Waals surface area contributed by atoms with E-state index in [4.69, 9.17) is 0 Å². The van der Waals surface area contributed by atoms with Gasteiger partial charge in [-0.15, -0.1) is 0 Å². The summed E-state index contributed by atoms with van der Waals surface area (Å²) in [6.45, 7) is 3.32. The van der Waals surface area contributed by atoms with Crippen molar-refractivity contribution in [1.82, 2.24) is 9.80 Å². The normalized spacial score (nSPS) is 20.7. The number of nitrogens with zero attached hydrogens (tertiary/aromatic N) is 2. The Morgan fingerprint density at radius 1 is 0.783 bits per heavy atom. The van der Waals surface area contributed by atoms with E-state index >= 15 is 0 Å². The molecule has 2 heteroatoms. The van der Waals surface area contributed by atoms with Crippen LogP contribution in [0.25, 0.3) is 0 Å². The van der Waals surface area contributed by atoms with Gasteiger partial charge in [0.2, 0.25) is 0 Å². The molecule has 0 N–H and O–H groups in total. The van der Waals surface area contributed by atoms with Crippen LogP contribution >= 0.6 is 0 Å². The van der Waals surface area contributed by atoms with Crippen molar-refractivity contribution in [2.45, 2.75) is 32.0 Å². The van der Waals surface area contributed by atoms with Crippen molar-refractivity contribution >= 4 is 0 Å². The summed E-state index contributed by atoms with van der Waals surface area (Å²) in [5, 5.41) is 0. The molecule has 0 atom stereocenters. The summed E-state index contributed by atoms with van der Waals surface area (Å²) in [4.78, 5) is 4.98. The Labute approximate surface area is 140 Å². The summed E-state index contributed by atoms with van der Waals surface area (Å²) in [6.07, 6.45) is 2.66. The third kappa shape index (κ3) is 4.66. The molecule has 23 heavy (non-hydrogen) atoms. The Kier molecular flexibility index (Phi) is 5.47. The van der Waals surface area contributed by atoms with E-state index in [0.29, 0.717) is 0 Å². The fourth-order valence-electron chi connectivity index (χ4n) is 3.61. The Morgan fingerprint density at radius 2 is 1.26 bits per heavy atom. The molecule has 1 aliphatic carbocycles. The van der Waals surface area contributed by atoms with Crippen LogP contribution < -0.4 is 0 Å². The second kappa shape index (κ2) is 7.76. The van der Waals surface area contributed by atoms with Gasteiger partial charge in [-0.2, -0.15) is 0 Å². The van der Waals surface area contributed by atoms with Crippen LogP contribution in [0.5, 0.6) is 0 Å². The van der Waals surface area contributed by atoms with Gasteiger partial charge in [0.15, 0.2) is 0 Å². The lowest BCUT2D eigenvalue weighted by molar-refractivity contribution is 0.0528. The predicted molar refractivity (Wildman–Crippen MR) is 97.2 cm³/mol. The number of hydrogen-bond donors (Lipinski definition) is 0. The maximum absolute atomic E-state index is 2.66. The molecule has 1 fully saturated rings. The summed E-state index contributed by atoms with van der Waals surface area (Å²) < 4.78 is 0. The molecule has 0 aliphatic heterocycles. The molecule has 0 unspecified atom stereocenters. The number of benzene rings is 2. The Hall–Kier alpha value is -1.64. The fourth-order valence-corrected chi connectivity index (χ4v) is 3.61. The SMILES string of the molecule is CN(C)CC1CC(N(Cc2ccccc2)Cc2ccccc2)C1. The molecule has 0 heterocycles. The quantitative estimate of drug-likeness (QED) is 0.762. The lowest BCUT2D eigenvalue weighted by atomic mass is 9.78. The van der Waals surface area contributed by atoms with Crippen LogP contribution in [0.1, 0.15) is 24.0 Å². The maximum atomic E-state index is 2.66. The molecule has 1 saturated carbocycles. The van der Waals surface area contributed by atoms with Crippen LogP contribution in [-0.4, -0.2) is 36.5 Å². The Morgan fingerprint density at radius 3 is 1.70 bits per heavy atom. The molecule has 3 rings (SSSR count). The van der Waals surface area contributed by atoms with Crippen molar-refractivity contribution in [2.24, 2.45) is 5.92 Å². The van der Waals surface area contributed by atoms with Gasteiger partial charge in [-0.3, -0.25) is 4.90 Å². The predicted octanol–water partition coefficient (Wildman–Crippen LogP) is 4.03. The van der Waals surface area contributed by atoms with Gasteiger partial charge in [0.25, 0.3) is 0 Å². The molecule has 2 aromatic rings. The van der Waals surface area contributed by atoms with E-state index in [1.54, 1.807) is 0 Å². The van der Waals surface area contributed by atoms with Crippen LogP contribution in [0.2, 0.25) is 0 Å². The highest BCUT2D eigenvalue weighted by Gasteiger charge is 2.33. The molecule has 0 amide bonds. The highest BCUT2D eigenvalue weighted by Crippen LogP contribution is 2.34. The summed E-state index contributed by atoms with van der Waals surface area (Å²) in [5.74, 6) is 0.865. The van der Waals surface area contributed by atoms with Crippen molar-refractivity contribution in [2.75, 3.05) is 20.6 Å². The van der Waals surface area contributed by atoms with Crippen LogP contribution in [0, 0.1) is 5.92 Å². The first-order chi connectivity index (χ1) is 11.2. The summed E-state index contributed by atoms with van der Waals surface area (Å²) in [6, 6.07) is 22.5. The van der Waals surface area contributed by atoms with Gasteiger partial charge in [-0.05, 0) is 44.0 Å². The highest BCUT2D eigenvalue weighted by atomic mass is 15.2. The van der Waals surface area contributed by atoms with E-state index in [1.165, 1.54) is 30.5 Å². The second-order valence-corrected chi connectivity index (χ2v) is 7.13. The van der Waals surface area contributed by atoms with Gasteiger partial charge in [0, 0.05) is 25.7 Å². The van der Waals surface area contributed by atoms with E-state index in [0.717, 1.165) is 25.0 Å². The van der Waals surface area contributed by atoms with Gasteiger partial charge in [0.1, 0.15) is 0 Å². The van der Waals surface area contributed by atoms with E-state index < -0.39 is 0 Å². The van der Waals surface area contributed by atoms with Crippen molar-refractivity contribution < 1.29 is 0 Å². The second-order valence-electron chi connectivity index (χ2n) is 7.13. The zero-order valence-electron chi connectivity index (χ0n) is 14.4. The standard InChI is InChI=1S/C21H28N2/c1-22(2)15-20-13-21(14-20)23(16-18-9-5-3-6-10-18)17-19-11-7-4-8-12-19/h3-12,20-21H,13-17H2,1-2H3. The summed E-state index contributed by atoms with van der Waals surface area (Å²) >= 11 is 0. The first-order valence-electron chi connectivity index (χ1n) is 8.67. The molecule has 2 aromatic carbocycles. The molecule has 0 bridgehead atoms. The molecule has 0 spiro atoms. The van der Waals surface area contributed by atoms with Crippen LogP contribution in [0.4, 0.5) is 0 Å². The van der Waals surface area contributed by atoms with Gasteiger partial charge < -0.3 is 4.90 Å².